The Morgan fingerprint density at radius 2 is 1.92 bits per heavy atom. The molecule has 136 valence electrons. The van der Waals surface area contributed by atoms with Gasteiger partial charge in [0.25, 0.3) is 0 Å². The van der Waals surface area contributed by atoms with Gasteiger partial charge in [0, 0.05) is 31.7 Å². The average molecular weight is 364 g/mol. The van der Waals surface area contributed by atoms with Gasteiger partial charge in [0.2, 0.25) is 0 Å². The summed E-state index contributed by atoms with van der Waals surface area (Å²) in [4.78, 5) is 6.73. The van der Waals surface area contributed by atoms with Crippen molar-refractivity contribution in [2.24, 2.45) is 5.84 Å². The molecule has 0 radical (unpaired) electrons. The van der Waals surface area contributed by atoms with Crippen LogP contribution in [0.2, 0.25) is 5.15 Å². The third-order valence-corrected chi connectivity index (χ3v) is 3.93. The van der Waals surface area contributed by atoms with Crippen LogP contribution in [0.4, 0.5) is 11.5 Å². The van der Waals surface area contributed by atoms with Crippen molar-refractivity contribution in [1.29, 1.82) is 0 Å². The van der Waals surface area contributed by atoms with E-state index in [0.717, 1.165) is 43.0 Å². The van der Waals surface area contributed by atoms with Crippen LogP contribution in [0, 0.1) is 6.92 Å². The Bertz CT molecular complexity index is 687. The molecule has 7 nitrogen and oxygen atoms in total. The number of nitrogens with zero attached hydrogens (tertiary/aromatic N) is 4. The molecule has 4 N–H and O–H groups in total. The molecule has 1 aliphatic heterocycles. The summed E-state index contributed by atoms with van der Waals surface area (Å²) in [7, 11) is 0. The Morgan fingerprint density at radius 1 is 1.24 bits per heavy atom. The van der Waals surface area contributed by atoms with E-state index in [9.17, 15) is 0 Å². The number of hydrogen-bond acceptors (Lipinski definition) is 7. The van der Waals surface area contributed by atoms with Gasteiger partial charge in [-0.1, -0.05) is 31.9 Å². The molecule has 1 fully saturated rings. The van der Waals surface area contributed by atoms with Crippen molar-refractivity contribution in [3.63, 3.8) is 0 Å². The quantitative estimate of drug-likeness (QED) is 0.570. The zero-order valence-electron chi connectivity index (χ0n) is 15.0. The first-order chi connectivity index (χ1) is 12.1. The number of nitrogens with one attached hydrogen (secondary N) is 2. The number of nitrogen functional groups attached to an aromatic ring is 1. The summed E-state index contributed by atoms with van der Waals surface area (Å²) in [6.07, 6.45) is 1.25. The smallest absolute Gasteiger partial charge is 0.194 e. The third kappa shape index (κ3) is 5.01. The predicted molar refractivity (Wildman–Crippen MR) is 104 cm³/mol. The predicted octanol–water partition coefficient (Wildman–Crippen LogP) is 2.61. The van der Waals surface area contributed by atoms with Crippen molar-refractivity contribution in [3.8, 4) is 11.4 Å². The van der Waals surface area contributed by atoms with E-state index >= 15 is 0 Å². The fraction of sp³-hybridized carbons (Fsp3) is 0.471. The van der Waals surface area contributed by atoms with Crippen LogP contribution in [-0.2, 0) is 0 Å². The standard InChI is InChI=1S/C14H18ClN7.C3H8/c1-9-8-10(2-3-11(9)19-16)13-18-14(12(15)20-21-13)22-6-4-17-5-7-22;1-3-2/h2-3,8,17,19H,4-7,16H2,1H3;3H2,1-2H3. The molecule has 0 atom stereocenters. The van der Waals surface area contributed by atoms with Crippen LogP contribution >= 0.6 is 11.6 Å². The molecule has 2 aromatic rings. The Labute approximate surface area is 154 Å². The van der Waals surface area contributed by atoms with Gasteiger partial charge in [0.1, 0.15) is 0 Å². The Balaban J connectivity index is 0.000000701. The second-order valence-corrected chi connectivity index (χ2v) is 6.23. The highest BCUT2D eigenvalue weighted by molar-refractivity contribution is 6.31. The normalized spacial score (nSPS) is 13.9. The number of halogens is 1. The van der Waals surface area contributed by atoms with Gasteiger partial charge in [-0.3, -0.25) is 5.84 Å². The van der Waals surface area contributed by atoms with Crippen molar-refractivity contribution in [3.05, 3.63) is 28.9 Å². The second kappa shape index (κ2) is 9.50. The lowest BCUT2D eigenvalue weighted by atomic mass is 10.1. The number of hydrazine groups is 1. The van der Waals surface area contributed by atoms with E-state index in [1.54, 1.807) is 0 Å². The number of hydrogen-bond donors (Lipinski definition) is 3. The van der Waals surface area contributed by atoms with Crippen molar-refractivity contribution in [1.82, 2.24) is 20.5 Å². The summed E-state index contributed by atoms with van der Waals surface area (Å²) >= 11 is 6.17. The van der Waals surface area contributed by atoms with Crippen LogP contribution in [0.1, 0.15) is 25.8 Å². The lowest BCUT2D eigenvalue weighted by Gasteiger charge is -2.28. The summed E-state index contributed by atoms with van der Waals surface area (Å²) in [6.45, 7) is 9.75. The number of aryl methyl sites for hydroxylation is 1. The van der Waals surface area contributed by atoms with Gasteiger partial charge in [-0.25, -0.2) is 4.98 Å². The molecule has 0 spiro atoms. The molecule has 8 heteroatoms. The van der Waals surface area contributed by atoms with Crippen molar-refractivity contribution < 1.29 is 0 Å². The van der Waals surface area contributed by atoms with E-state index < -0.39 is 0 Å². The van der Waals surface area contributed by atoms with E-state index in [0.29, 0.717) is 16.8 Å². The fourth-order valence-corrected chi connectivity index (χ4v) is 2.67. The van der Waals surface area contributed by atoms with Gasteiger partial charge in [-0.15, -0.1) is 10.2 Å². The molecule has 25 heavy (non-hydrogen) atoms. The van der Waals surface area contributed by atoms with E-state index in [4.69, 9.17) is 17.4 Å². The summed E-state index contributed by atoms with van der Waals surface area (Å²) in [5.74, 6) is 6.70. The number of nitrogens with two attached hydrogens (primary N) is 1. The van der Waals surface area contributed by atoms with Gasteiger partial charge in [0.05, 0.1) is 5.69 Å². The SMILES string of the molecule is CCC.Cc1cc(-c2nnc(Cl)c(N3CCNCC3)n2)ccc1NN. The van der Waals surface area contributed by atoms with E-state index in [2.05, 4.69) is 44.7 Å². The minimum atomic E-state index is 0.336. The Morgan fingerprint density at radius 3 is 2.52 bits per heavy atom. The Kier molecular flexibility index (Phi) is 7.36. The van der Waals surface area contributed by atoms with Gasteiger partial charge in [-0.2, -0.15) is 0 Å². The number of anilines is 2. The van der Waals surface area contributed by atoms with Gasteiger partial charge >= 0.3 is 0 Å². The summed E-state index contributed by atoms with van der Waals surface area (Å²) < 4.78 is 0. The molecule has 0 amide bonds. The molecule has 3 rings (SSSR count). The summed E-state index contributed by atoms with van der Waals surface area (Å²) in [5.41, 5.74) is 5.42. The molecule has 0 bridgehead atoms. The molecular formula is C17H26ClN7. The first kappa shape index (κ1) is 19.4. The van der Waals surface area contributed by atoms with Gasteiger partial charge in [-0.05, 0) is 30.7 Å². The summed E-state index contributed by atoms with van der Waals surface area (Å²) in [6, 6.07) is 5.78. The topological polar surface area (TPSA) is 92.0 Å². The first-order valence-corrected chi connectivity index (χ1v) is 8.92. The molecule has 0 saturated carbocycles. The van der Waals surface area contributed by atoms with E-state index in [1.165, 1.54) is 6.42 Å². The molecule has 1 aromatic heterocycles. The van der Waals surface area contributed by atoms with Crippen molar-refractivity contribution in [2.45, 2.75) is 27.2 Å². The largest absolute Gasteiger partial charge is 0.351 e. The van der Waals surface area contributed by atoms with E-state index in [1.807, 2.05) is 25.1 Å². The Hall–Kier alpha value is -1.96. The van der Waals surface area contributed by atoms with Crippen LogP contribution in [0.5, 0.6) is 0 Å². The van der Waals surface area contributed by atoms with Crippen LogP contribution in [0.3, 0.4) is 0 Å². The van der Waals surface area contributed by atoms with Crippen LogP contribution in [-0.4, -0.2) is 41.4 Å². The maximum absolute atomic E-state index is 6.17. The molecule has 2 heterocycles. The highest BCUT2D eigenvalue weighted by Gasteiger charge is 2.18. The molecule has 1 aromatic carbocycles. The molecule has 1 saturated heterocycles. The maximum atomic E-state index is 6.17. The highest BCUT2D eigenvalue weighted by Crippen LogP contribution is 2.26. The molecule has 1 aliphatic rings. The first-order valence-electron chi connectivity index (χ1n) is 8.54. The molecular weight excluding hydrogens is 338 g/mol. The average Bonchev–Trinajstić information content (AvgIpc) is 2.63. The lowest BCUT2D eigenvalue weighted by Crippen LogP contribution is -2.44. The van der Waals surface area contributed by atoms with Gasteiger partial charge in [0.15, 0.2) is 16.8 Å². The van der Waals surface area contributed by atoms with Crippen LogP contribution in [0.15, 0.2) is 18.2 Å². The number of benzene rings is 1. The van der Waals surface area contributed by atoms with Crippen LogP contribution in [0.25, 0.3) is 11.4 Å². The second-order valence-electron chi connectivity index (χ2n) is 5.87. The lowest BCUT2D eigenvalue weighted by molar-refractivity contribution is 0.583. The number of aromatic nitrogens is 3. The fourth-order valence-electron chi connectivity index (χ4n) is 2.47. The zero-order valence-corrected chi connectivity index (χ0v) is 15.8. The summed E-state index contributed by atoms with van der Waals surface area (Å²) in [5, 5.41) is 11.8. The maximum Gasteiger partial charge on any atom is 0.194 e. The van der Waals surface area contributed by atoms with E-state index in [-0.39, 0.29) is 0 Å². The van der Waals surface area contributed by atoms with Crippen LogP contribution < -0.4 is 21.5 Å². The van der Waals surface area contributed by atoms with Gasteiger partial charge < -0.3 is 15.6 Å². The number of piperazine rings is 1. The van der Waals surface area contributed by atoms with Crippen molar-refractivity contribution >= 4 is 23.1 Å². The highest BCUT2D eigenvalue weighted by atomic mass is 35.5. The monoisotopic (exact) mass is 363 g/mol. The zero-order chi connectivity index (χ0) is 18.2. The minimum absolute atomic E-state index is 0.336. The molecule has 0 aliphatic carbocycles. The number of rotatable bonds is 3. The molecule has 0 unspecified atom stereocenters. The third-order valence-electron chi connectivity index (χ3n) is 3.69. The van der Waals surface area contributed by atoms with Crippen molar-refractivity contribution in [2.75, 3.05) is 36.5 Å². The minimum Gasteiger partial charge on any atom is -0.351 e.